The summed E-state index contributed by atoms with van der Waals surface area (Å²) in [6, 6.07) is 9.13. The van der Waals surface area contributed by atoms with Gasteiger partial charge in [-0.25, -0.2) is 4.68 Å². The van der Waals surface area contributed by atoms with Crippen LogP contribution in [0.5, 0.6) is 5.75 Å². The molecule has 1 aromatic heterocycles. The third-order valence-electron chi connectivity index (χ3n) is 2.15. The van der Waals surface area contributed by atoms with Crippen LogP contribution in [0.25, 0.3) is 5.69 Å². The smallest absolute Gasteiger partial charge is 0.148 e. The van der Waals surface area contributed by atoms with Gasteiger partial charge in [-0.2, -0.15) is 0 Å². The lowest BCUT2D eigenvalue weighted by atomic mass is 10.3. The van der Waals surface area contributed by atoms with Crippen LogP contribution < -0.4 is 16.2 Å². The summed E-state index contributed by atoms with van der Waals surface area (Å²) in [5.74, 6) is 1.75. The Balaban J connectivity index is 2.31. The molecule has 84 valence electrons. The molecule has 0 aliphatic heterocycles. The summed E-state index contributed by atoms with van der Waals surface area (Å²) in [4.78, 5) is 0. The van der Waals surface area contributed by atoms with E-state index in [1.54, 1.807) is 10.7 Å². The van der Waals surface area contributed by atoms with E-state index >= 15 is 0 Å². The summed E-state index contributed by atoms with van der Waals surface area (Å²) in [5.41, 5.74) is 12.2. The van der Waals surface area contributed by atoms with E-state index in [1.807, 2.05) is 31.2 Å². The fourth-order valence-corrected chi connectivity index (χ4v) is 1.47. The Morgan fingerprint density at radius 1 is 1.25 bits per heavy atom. The summed E-state index contributed by atoms with van der Waals surface area (Å²) < 4.78 is 6.93. The van der Waals surface area contributed by atoms with Crippen molar-refractivity contribution < 1.29 is 4.74 Å². The molecule has 0 saturated heterocycles. The van der Waals surface area contributed by atoms with Crippen molar-refractivity contribution in [3.05, 3.63) is 30.3 Å². The van der Waals surface area contributed by atoms with E-state index in [1.165, 1.54) is 0 Å². The zero-order valence-electron chi connectivity index (χ0n) is 9.05. The molecule has 0 unspecified atom stereocenters. The van der Waals surface area contributed by atoms with Gasteiger partial charge in [0.15, 0.2) is 0 Å². The minimum absolute atomic E-state index is 0.409. The van der Waals surface area contributed by atoms with E-state index in [9.17, 15) is 0 Å². The van der Waals surface area contributed by atoms with Crippen molar-refractivity contribution in [2.45, 2.75) is 6.92 Å². The first kappa shape index (κ1) is 10.4. The zero-order valence-corrected chi connectivity index (χ0v) is 9.05. The largest absolute Gasteiger partial charge is 0.494 e. The summed E-state index contributed by atoms with van der Waals surface area (Å²) in [6.07, 6.45) is 0. The molecule has 2 rings (SSSR count). The van der Waals surface area contributed by atoms with Gasteiger partial charge < -0.3 is 16.2 Å². The Labute approximate surface area is 93.6 Å². The molecule has 1 aromatic carbocycles. The molecule has 0 atom stereocenters. The van der Waals surface area contributed by atoms with Crippen molar-refractivity contribution in [2.75, 3.05) is 18.1 Å². The van der Waals surface area contributed by atoms with Gasteiger partial charge in [0.05, 0.1) is 12.3 Å². The number of benzene rings is 1. The molecular formula is C11H14N4O. The first-order valence-electron chi connectivity index (χ1n) is 5.05. The molecule has 0 fully saturated rings. The lowest BCUT2D eigenvalue weighted by molar-refractivity contribution is 0.340. The number of aromatic nitrogens is 2. The molecule has 4 N–H and O–H groups in total. The van der Waals surface area contributed by atoms with Crippen LogP contribution in [0.1, 0.15) is 6.92 Å². The molecule has 5 nitrogen and oxygen atoms in total. The maximum absolute atomic E-state index is 5.76. The highest BCUT2D eigenvalue weighted by atomic mass is 16.5. The summed E-state index contributed by atoms with van der Waals surface area (Å²) in [7, 11) is 0. The van der Waals surface area contributed by atoms with Crippen molar-refractivity contribution >= 4 is 11.6 Å². The molecule has 0 spiro atoms. The second kappa shape index (κ2) is 4.14. The molecule has 0 bridgehead atoms. The fraction of sp³-hybridized carbons (Fsp3) is 0.182. The Hall–Kier alpha value is -2.17. The van der Waals surface area contributed by atoms with E-state index in [4.69, 9.17) is 16.2 Å². The van der Waals surface area contributed by atoms with Crippen LogP contribution in [0.4, 0.5) is 11.6 Å². The number of anilines is 2. The fourth-order valence-electron chi connectivity index (χ4n) is 1.47. The number of hydrogen-bond acceptors (Lipinski definition) is 4. The first-order valence-corrected chi connectivity index (χ1v) is 5.05. The van der Waals surface area contributed by atoms with Gasteiger partial charge in [-0.3, -0.25) is 0 Å². The van der Waals surface area contributed by atoms with Crippen LogP contribution in [0, 0.1) is 0 Å². The van der Waals surface area contributed by atoms with Crippen LogP contribution in [0.2, 0.25) is 0 Å². The molecule has 0 amide bonds. The monoisotopic (exact) mass is 218 g/mol. The molecule has 16 heavy (non-hydrogen) atoms. The number of nitrogens with zero attached hydrogens (tertiary/aromatic N) is 2. The quantitative estimate of drug-likeness (QED) is 0.816. The molecular weight excluding hydrogens is 204 g/mol. The van der Waals surface area contributed by atoms with Crippen LogP contribution in [0.3, 0.4) is 0 Å². The second-order valence-electron chi connectivity index (χ2n) is 3.33. The first-order chi connectivity index (χ1) is 7.70. The van der Waals surface area contributed by atoms with E-state index in [0.717, 1.165) is 11.4 Å². The van der Waals surface area contributed by atoms with Gasteiger partial charge in [-0.15, -0.1) is 5.10 Å². The minimum atomic E-state index is 0.409. The molecule has 0 aliphatic rings. The Morgan fingerprint density at radius 3 is 2.44 bits per heavy atom. The predicted molar refractivity (Wildman–Crippen MR) is 63.6 cm³/mol. The second-order valence-corrected chi connectivity index (χ2v) is 3.33. The minimum Gasteiger partial charge on any atom is -0.494 e. The maximum Gasteiger partial charge on any atom is 0.148 e. The number of nitrogen functional groups attached to an aromatic ring is 2. The van der Waals surface area contributed by atoms with Crippen LogP contribution >= 0.6 is 0 Å². The van der Waals surface area contributed by atoms with Crippen molar-refractivity contribution in [2.24, 2.45) is 0 Å². The molecule has 5 heteroatoms. The van der Waals surface area contributed by atoms with E-state index < -0.39 is 0 Å². The van der Waals surface area contributed by atoms with Gasteiger partial charge in [0, 0.05) is 6.07 Å². The number of rotatable bonds is 3. The standard InChI is InChI=1S/C11H14N4O/c1-2-16-9-5-3-8(4-6-9)15-11(13)7-10(12)14-15/h3-7H,2,13H2,1H3,(H2,12,14). The van der Waals surface area contributed by atoms with Crippen LogP contribution in [-0.2, 0) is 0 Å². The summed E-state index contributed by atoms with van der Waals surface area (Å²) in [5, 5.41) is 4.08. The van der Waals surface area contributed by atoms with Crippen LogP contribution in [0.15, 0.2) is 30.3 Å². The van der Waals surface area contributed by atoms with Crippen LogP contribution in [-0.4, -0.2) is 16.4 Å². The normalized spacial score (nSPS) is 10.3. The van der Waals surface area contributed by atoms with Gasteiger partial charge in [0.2, 0.25) is 0 Å². The lowest BCUT2D eigenvalue weighted by Crippen LogP contribution is -2.02. The number of ether oxygens (including phenoxy) is 1. The zero-order chi connectivity index (χ0) is 11.5. The SMILES string of the molecule is CCOc1ccc(-n2nc(N)cc2N)cc1. The van der Waals surface area contributed by atoms with Gasteiger partial charge in [0.1, 0.15) is 17.4 Å². The highest BCUT2D eigenvalue weighted by Gasteiger charge is 2.04. The molecule has 2 aromatic rings. The van der Waals surface area contributed by atoms with Crippen molar-refractivity contribution in [3.63, 3.8) is 0 Å². The van der Waals surface area contributed by atoms with Crippen molar-refractivity contribution in [3.8, 4) is 11.4 Å². The van der Waals surface area contributed by atoms with E-state index in [0.29, 0.717) is 18.2 Å². The average molecular weight is 218 g/mol. The number of hydrogen-bond donors (Lipinski definition) is 2. The summed E-state index contributed by atoms with van der Waals surface area (Å²) >= 11 is 0. The highest BCUT2D eigenvalue weighted by molar-refractivity contribution is 5.49. The topological polar surface area (TPSA) is 79.1 Å². The molecule has 0 saturated carbocycles. The summed E-state index contributed by atoms with van der Waals surface area (Å²) in [6.45, 7) is 2.59. The average Bonchev–Trinajstić information content (AvgIpc) is 2.59. The Kier molecular flexibility index (Phi) is 2.68. The molecule has 0 radical (unpaired) electrons. The van der Waals surface area contributed by atoms with E-state index in [2.05, 4.69) is 5.10 Å². The van der Waals surface area contributed by atoms with Gasteiger partial charge in [-0.1, -0.05) is 0 Å². The maximum atomic E-state index is 5.76. The van der Waals surface area contributed by atoms with Crippen molar-refractivity contribution in [1.82, 2.24) is 9.78 Å². The van der Waals surface area contributed by atoms with Gasteiger partial charge in [-0.05, 0) is 31.2 Å². The molecule has 0 aliphatic carbocycles. The Morgan fingerprint density at radius 2 is 1.94 bits per heavy atom. The molecule has 1 heterocycles. The Bertz CT molecular complexity index is 475. The van der Waals surface area contributed by atoms with Crippen molar-refractivity contribution in [1.29, 1.82) is 0 Å². The van der Waals surface area contributed by atoms with E-state index in [-0.39, 0.29) is 0 Å². The van der Waals surface area contributed by atoms with Gasteiger partial charge in [0.25, 0.3) is 0 Å². The number of nitrogens with two attached hydrogens (primary N) is 2. The van der Waals surface area contributed by atoms with Gasteiger partial charge >= 0.3 is 0 Å². The lowest BCUT2D eigenvalue weighted by Gasteiger charge is -2.06. The third kappa shape index (κ3) is 1.93. The third-order valence-corrected chi connectivity index (χ3v) is 2.15. The highest BCUT2D eigenvalue weighted by Crippen LogP contribution is 2.18. The predicted octanol–water partition coefficient (Wildman–Crippen LogP) is 1.44.